The Hall–Kier alpha value is -1.06. The van der Waals surface area contributed by atoms with Crippen molar-refractivity contribution in [2.75, 3.05) is 0 Å². The van der Waals surface area contributed by atoms with E-state index in [1.807, 2.05) is 0 Å². The molecule has 14 heavy (non-hydrogen) atoms. The van der Waals surface area contributed by atoms with Gasteiger partial charge in [-0.15, -0.1) is 5.48 Å². The van der Waals surface area contributed by atoms with Gasteiger partial charge in [0.15, 0.2) is 0 Å². The number of hydrogen-bond donors (Lipinski definition) is 1. The van der Waals surface area contributed by atoms with E-state index in [0.717, 1.165) is 0 Å². The van der Waals surface area contributed by atoms with Gasteiger partial charge in [0, 0.05) is 10.6 Å². The molecule has 0 spiro atoms. The van der Waals surface area contributed by atoms with E-state index < -0.39 is 0 Å². The Morgan fingerprint density at radius 3 is 2.86 bits per heavy atom. The summed E-state index contributed by atoms with van der Waals surface area (Å²) in [5.74, 6) is 0.388. The fraction of sp³-hybridized carbons (Fsp3) is 0.200. The quantitative estimate of drug-likeness (QED) is 0.775. The first-order valence-electron chi connectivity index (χ1n) is 4.23. The minimum absolute atomic E-state index is 0.302. The number of hydroxylamine groups is 1. The van der Waals surface area contributed by atoms with Gasteiger partial charge >= 0.3 is 0 Å². The largest absolute Gasteiger partial charge is 0.413 e. The molecule has 1 atom stereocenters. The SMILES string of the molecule is CC1=CC(c2c(F)cccc2Cl)NO1. The van der Waals surface area contributed by atoms with E-state index in [1.165, 1.54) is 6.07 Å². The lowest BCUT2D eigenvalue weighted by Crippen LogP contribution is -2.14. The Morgan fingerprint density at radius 2 is 2.29 bits per heavy atom. The van der Waals surface area contributed by atoms with Gasteiger partial charge in [0.2, 0.25) is 0 Å². The number of halogens is 2. The maximum atomic E-state index is 13.4. The van der Waals surface area contributed by atoms with Crippen LogP contribution in [0.4, 0.5) is 4.39 Å². The molecule has 1 unspecified atom stereocenters. The summed E-state index contributed by atoms with van der Waals surface area (Å²) in [5.41, 5.74) is 3.11. The van der Waals surface area contributed by atoms with Crippen LogP contribution >= 0.6 is 11.6 Å². The van der Waals surface area contributed by atoms with Crippen LogP contribution in [-0.4, -0.2) is 0 Å². The molecule has 1 aliphatic rings. The Kier molecular flexibility index (Phi) is 2.44. The van der Waals surface area contributed by atoms with E-state index in [-0.39, 0.29) is 11.9 Å². The molecule has 2 rings (SSSR count). The number of benzene rings is 1. The molecule has 1 aromatic carbocycles. The highest BCUT2D eigenvalue weighted by Crippen LogP contribution is 2.30. The van der Waals surface area contributed by atoms with Gasteiger partial charge in [-0.1, -0.05) is 17.7 Å². The highest BCUT2D eigenvalue weighted by Gasteiger charge is 2.21. The summed E-state index contributed by atoms with van der Waals surface area (Å²) < 4.78 is 13.4. The summed E-state index contributed by atoms with van der Waals surface area (Å²) >= 11 is 5.89. The highest BCUT2D eigenvalue weighted by atomic mass is 35.5. The van der Waals surface area contributed by atoms with E-state index in [1.54, 1.807) is 25.1 Å². The summed E-state index contributed by atoms with van der Waals surface area (Å²) in [5, 5.41) is 0.400. The van der Waals surface area contributed by atoms with Gasteiger partial charge in [-0.05, 0) is 25.1 Å². The van der Waals surface area contributed by atoms with Gasteiger partial charge in [-0.2, -0.15) is 0 Å². The standard InChI is InChI=1S/C10H9ClFNO/c1-6-5-9(13-14-6)10-7(11)3-2-4-8(10)12/h2-5,9,13H,1H3. The minimum atomic E-state index is -0.329. The fourth-order valence-electron chi connectivity index (χ4n) is 1.41. The first-order chi connectivity index (χ1) is 6.68. The maximum absolute atomic E-state index is 13.4. The number of hydrogen-bond acceptors (Lipinski definition) is 2. The summed E-state index contributed by atoms with van der Waals surface area (Å²) in [6.07, 6.45) is 1.78. The van der Waals surface area contributed by atoms with E-state index in [2.05, 4.69) is 5.48 Å². The third-order valence-electron chi connectivity index (χ3n) is 2.06. The molecule has 0 saturated carbocycles. The van der Waals surface area contributed by atoms with E-state index in [0.29, 0.717) is 16.3 Å². The summed E-state index contributed by atoms with van der Waals surface area (Å²) in [6, 6.07) is 4.31. The average molecular weight is 214 g/mol. The summed E-state index contributed by atoms with van der Waals surface area (Å²) in [7, 11) is 0. The van der Waals surface area contributed by atoms with Crippen molar-refractivity contribution in [2.45, 2.75) is 13.0 Å². The molecule has 74 valence electrons. The zero-order valence-electron chi connectivity index (χ0n) is 7.55. The van der Waals surface area contributed by atoms with Crippen LogP contribution in [0.5, 0.6) is 0 Å². The van der Waals surface area contributed by atoms with Crippen LogP contribution in [-0.2, 0) is 4.84 Å². The summed E-state index contributed by atoms with van der Waals surface area (Å²) in [6.45, 7) is 1.79. The van der Waals surface area contributed by atoms with Gasteiger partial charge in [0.25, 0.3) is 0 Å². The second-order valence-electron chi connectivity index (χ2n) is 3.11. The number of allylic oxidation sites excluding steroid dienone is 1. The predicted octanol–water partition coefficient (Wildman–Crippen LogP) is 2.96. The van der Waals surface area contributed by atoms with Crippen LogP contribution in [0.25, 0.3) is 0 Å². The second kappa shape index (κ2) is 3.59. The van der Waals surface area contributed by atoms with Crippen molar-refractivity contribution < 1.29 is 9.23 Å². The summed E-state index contributed by atoms with van der Waals surface area (Å²) in [4.78, 5) is 5.02. The number of rotatable bonds is 1. The van der Waals surface area contributed by atoms with E-state index in [4.69, 9.17) is 16.4 Å². The predicted molar refractivity (Wildman–Crippen MR) is 52.1 cm³/mol. The molecule has 2 nitrogen and oxygen atoms in total. The monoisotopic (exact) mass is 213 g/mol. The Labute approximate surface area is 86.3 Å². The van der Waals surface area contributed by atoms with Crippen LogP contribution < -0.4 is 5.48 Å². The van der Waals surface area contributed by atoms with Crippen molar-refractivity contribution in [3.05, 3.63) is 46.4 Å². The first-order valence-corrected chi connectivity index (χ1v) is 4.61. The molecular weight excluding hydrogens is 205 g/mol. The lowest BCUT2D eigenvalue weighted by atomic mass is 10.1. The molecule has 4 heteroatoms. The zero-order chi connectivity index (χ0) is 10.1. The average Bonchev–Trinajstić information content (AvgIpc) is 2.51. The molecule has 0 radical (unpaired) electrons. The van der Waals surface area contributed by atoms with Gasteiger partial charge in [0.1, 0.15) is 11.6 Å². The van der Waals surface area contributed by atoms with Crippen LogP contribution in [0.2, 0.25) is 5.02 Å². The molecule has 0 saturated heterocycles. The van der Waals surface area contributed by atoms with Gasteiger partial charge in [-0.3, -0.25) is 0 Å². The van der Waals surface area contributed by atoms with Crippen molar-refractivity contribution >= 4 is 11.6 Å². The van der Waals surface area contributed by atoms with Crippen LogP contribution in [0, 0.1) is 5.82 Å². The van der Waals surface area contributed by atoms with E-state index >= 15 is 0 Å². The molecule has 0 aliphatic carbocycles. The lowest BCUT2D eigenvalue weighted by molar-refractivity contribution is 0.117. The molecule has 1 N–H and O–H groups in total. The van der Waals surface area contributed by atoms with Crippen molar-refractivity contribution in [1.29, 1.82) is 0 Å². The molecule has 1 aliphatic heterocycles. The normalized spacial score (nSPS) is 20.5. The van der Waals surface area contributed by atoms with Crippen molar-refractivity contribution in [3.63, 3.8) is 0 Å². The topological polar surface area (TPSA) is 21.3 Å². The molecule has 1 heterocycles. The smallest absolute Gasteiger partial charge is 0.129 e. The maximum Gasteiger partial charge on any atom is 0.129 e. The Balaban J connectivity index is 2.41. The third-order valence-corrected chi connectivity index (χ3v) is 2.39. The van der Waals surface area contributed by atoms with Crippen molar-refractivity contribution in [1.82, 2.24) is 5.48 Å². The molecule has 0 fully saturated rings. The molecular formula is C10H9ClFNO. The second-order valence-corrected chi connectivity index (χ2v) is 3.52. The van der Waals surface area contributed by atoms with E-state index in [9.17, 15) is 4.39 Å². The van der Waals surface area contributed by atoms with Gasteiger partial charge in [0.05, 0.1) is 6.04 Å². The molecule has 0 bridgehead atoms. The third kappa shape index (κ3) is 1.61. The lowest BCUT2D eigenvalue weighted by Gasteiger charge is -2.10. The Bertz CT molecular complexity index is 371. The van der Waals surface area contributed by atoms with Crippen molar-refractivity contribution in [2.24, 2.45) is 0 Å². The first kappa shape index (κ1) is 9.49. The Morgan fingerprint density at radius 1 is 1.50 bits per heavy atom. The molecule has 1 aromatic rings. The van der Waals surface area contributed by atoms with Gasteiger partial charge < -0.3 is 4.84 Å². The van der Waals surface area contributed by atoms with Crippen LogP contribution in [0.1, 0.15) is 18.5 Å². The molecule has 0 aromatic heterocycles. The van der Waals surface area contributed by atoms with Gasteiger partial charge in [-0.25, -0.2) is 4.39 Å². The zero-order valence-corrected chi connectivity index (χ0v) is 8.31. The minimum Gasteiger partial charge on any atom is -0.413 e. The highest BCUT2D eigenvalue weighted by molar-refractivity contribution is 6.31. The number of nitrogens with one attached hydrogen (secondary N) is 1. The fourth-order valence-corrected chi connectivity index (χ4v) is 1.69. The van der Waals surface area contributed by atoms with Crippen LogP contribution in [0.3, 0.4) is 0 Å². The van der Waals surface area contributed by atoms with Crippen molar-refractivity contribution in [3.8, 4) is 0 Å². The van der Waals surface area contributed by atoms with Crippen LogP contribution in [0.15, 0.2) is 30.0 Å². The molecule has 0 amide bonds.